The van der Waals surface area contributed by atoms with Gasteiger partial charge in [0.05, 0.1) is 11.9 Å². The Morgan fingerprint density at radius 3 is 2.25 bits per heavy atom. The number of carbonyl (C=O) groups is 2. The molecule has 8 nitrogen and oxygen atoms in total. The van der Waals surface area contributed by atoms with Crippen LogP contribution in [0.2, 0.25) is 5.02 Å². The van der Waals surface area contributed by atoms with Crippen molar-refractivity contribution in [1.29, 1.82) is 0 Å². The Bertz CT molecular complexity index is 1410. The maximum atomic E-state index is 13.7. The SMILES string of the molecule is C[C@H](C(=O)NC1CCCC1)N(Cc1cccc(Cl)c1)C(=O)CN(c1ccc(Oc2ccccc2)cc1)S(C)(=O)=O. The zero-order chi connectivity index (χ0) is 28.7. The Morgan fingerprint density at radius 1 is 0.975 bits per heavy atom. The number of anilines is 1. The first-order valence-electron chi connectivity index (χ1n) is 13.2. The third-order valence-corrected chi connectivity index (χ3v) is 8.27. The van der Waals surface area contributed by atoms with E-state index in [4.69, 9.17) is 16.3 Å². The van der Waals surface area contributed by atoms with E-state index >= 15 is 0 Å². The van der Waals surface area contributed by atoms with Crippen molar-refractivity contribution < 1.29 is 22.7 Å². The third kappa shape index (κ3) is 7.99. The number of benzene rings is 3. The fraction of sp³-hybridized carbons (Fsp3) is 0.333. The molecule has 0 unspecified atom stereocenters. The van der Waals surface area contributed by atoms with Crippen molar-refractivity contribution in [3.63, 3.8) is 0 Å². The molecule has 0 saturated heterocycles. The molecular weight excluding hydrogens is 550 g/mol. The minimum atomic E-state index is -3.84. The fourth-order valence-electron chi connectivity index (χ4n) is 4.73. The fourth-order valence-corrected chi connectivity index (χ4v) is 5.79. The van der Waals surface area contributed by atoms with Crippen LogP contribution in [0.5, 0.6) is 11.5 Å². The Balaban J connectivity index is 1.55. The summed E-state index contributed by atoms with van der Waals surface area (Å²) in [5.41, 5.74) is 1.04. The molecule has 4 rings (SSSR count). The summed E-state index contributed by atoms with van der Waals surface area (Å²) in [4.78, 5) is 28.3. The third-order valence-electron chi connectivity index (χ3n) is 6.89. The minimum Gasteiger partial charge on any atom is -0.457 e. The van der Waals surface area contributed by atoms with E-state index in [1.807, 2.05) is 36.4 Å². The molecule has 1 aliphatic rings. The summed E-state index contributed by atoms with van der Waals surface area (Å²) in [7, 11) is -3.84. The topological polar surface area (TPSA) is 96.0 Å². The van der Waals surface area contributed by atoms with Gasteiger partial charge in [-0.2, -0.15) is 0 Å². The van der Waals surface area contributed by atoms with E-state index in [9.17, 15) is 18.0 Å². The minimum absolute atomic E-state index is 0.0854. The lowest BCUT2D eigenvalue weighted by Crippen LogP contribution is -2.52. The molecule has 1 saturated carbocycles. The zero-order valence-electron chi connectivity index (χ0n) is 22.6. The number of hydrogen-bond acceptors (Lipinski definition) is 5. The number of rotatable bonds is 11. The van der Waals surface area contributed by atoms with Crippen LogP contribution in [0, 0.1) is 0 Å². The number of ether oxygens (including phenoxy) is 1. The van der Waals surface area contributed by atoms with Gasteiger partial charge in [-0.1, -0.05) is 54.8 Å². The molecule has 0 radical (unpaired) electrons. The number of carbonyl (C=O) groups excluding carboxylic acids is 2. The van der Waals surface area contributed by atoms with Crippen LogP contribution >= 0.6 is 11.6 Å². The van der Waals surface area contributed by atoms with Crippen molar-refractivity contribution in [3.05, 3.63) is 89.4 Å². The van der Waals surface area contributed by atoms with E-state index in [-0.39, 0.29) is 18.5 Å². The summed E-state index contributed by atoms with van der Waals surface area (Å²) in [6, 6.07) is 22.0. The van der Waals surface area contributed by atoms with Gasteiger partial charge in [-0.3, -0.25) is 13.9 Å². The molecule has 0 aromatic heterocycles. The van der Waals surface area contributed by atoms with E-state index < -0.39 is 28.5 Å². The van der Waals surface area contributed by atoms with E-state index in [1.165, 1.54) is 4.90 Å². The summed E-state index contributed by atoms with van der Waals surface area (Å²) >= 11 is 6.17. The molecule has 2 amide bonds. The predicted molar refractivity (Wildman–Crippen MR) is 157 cm³/mol. The number of halogens is 1. The maximum absolute atomic E-state index is 13.7. The van der Waals surface area contributed by atoms with Crippen LogP contribution in [-0.4, -0.2) is 50.0 Å². The second-order valence-corrected chi connectivity index (χ2v) is 12.3. The predicted octanol–water partition coefficient (Wildman–Crippen LogP) is 5.37. The van der Waals surface area contributed by atoms with Gasteiger partial charge in [-0.15, -0.1) is 0 Å². The standard InChI is InChI=1S/C30H34ClN3O5S/c1-22(30(36)32-25-11-6-7-12-25)33(20-23-9-8-10-24(31)19-23)29(35)21-34(40(2,37)38)26-15-17-28(18-16-26)39-27-13-4-3-5-14-27/h3-5,8-10,13-19,22,25H,6-7,11-12,20-21H2,1-2H3,(H,32,36)/t22-/m1/s1. The molecule has 1 aliphatic carbocycles. The summed E-state index contributed by atoms with van der Waals surface area (Å²) in [5, 5.41) is 3.55. The second kappa shape index (κ2) is 13.2. The van der Waals surface area contributed by atoms with Crippen molar-refractivity contribution >= 4 is 39.1 Å². The van der Waals surface area contributed by atoms with E-state index in [0.717, 1.165) is 41.8 Å². The molecule has 1 fully saturated rings. The molecule has 0 bridgehead atoms. The summed E-state index contributed by atoms with van der Waals surface area (Å²) in [6.07, 6.45) is 4.98. The Hall–Kier alpha value is -3.56. The van der Waals surface area contributed by atoms with Gasteiger partial charge < -0.3 is 15.0 Å². The molecule has 212 valence electrons. The van der Waals surface area contributed by atoms with E-state index in [2.05, 4.69) is 5.32 Å². The Kier molecular flexibility index (Phi) is 9.71. The summed E-state index contributed by atoms with van der Waals surface area (Å²) in [5.74, 6) is 0.390. The van der Waals surface area contributed by atoms with Gasteiger partial charge in [-0.25, -0.2) is 8.42 Å². The number of para-hydroxylation sites is 1. The van der Waals surface area contributed by atoms with Gasteiger partial charge in [-0.05, 0) is 73.9 Å². The van der Waals surface area contributed by atoms with Gasteiger partial charge in [0.1, 0.15) is 24.1 Å². The van der Waals surface area contributed by atoms with Gasteiger partial charge in [0.15, 0.2) is 0 Å². The molecular formula is C30H34ClN3O5S. The van der Waals surface area contributed by atoms with E-state index in [1.54, 1.807) is 49.4 Å². The quantitative estimate of drug-likeness (QED) is 0.327. The molecule has 0 heterocycles. The van der Waals surface area contributed by atoms with Gasteiger partial charge in [0, 0.05) is 17.6 Å². The average Bonchev–Trinajstić information content (AvgIpc) is 3.43. The van der Waals surface area contributed by atoms with Crippen molar-refractivity contribution in [3.8, 4) is 11.5 Å². The normalized spacial score (nSPS) is 14.4. The first-order valence-corrected chi connectivity index (χ1v) is 15.5. The van der Waals surface area contributed by atoms with Gasteiger partial charge in [0.2, 0.25) is 21.8 Å². The maximum Gasteiger partial charge on any atom is 0.244 e. The zero-order valence-corrected chi connectivity index (χ0v) is 24.2. The highest BCUT2D eigenvalue weighted by Gasteiger charge is 2.31. The van der Waals surface area contributed by atoms with Gasteiger partial charge >= 0.3 is 0 Å². The number of amides is 2. The molecule has 40 heavy (non-hydrogen) atoms. The number of sulfonamides is 1. The summed E-state index contributed by atoms with van der Waals surface area (Å²) in [6.45, 7) is 1.28. The van der Waals surface area contributed by atoms with Crippen LogP contribution in [-0.2, 0) is 26.2 Å². The largest absolute Gasteiger partial charge is 0.457 e. The number of nitrogens with one attached hydrogen (secondary N) is 1. The average molecular weight is 584 g/mol. The highest BCUT2D eigenvalue weighted by molar-refractivity contribution is 7.92. The Morgan fingerprint density at radius 2 is 1.62 bits per heavy atom. The van der Waals surface area contributed by atoms with Crippen LogP contribution in [0.1, 0.15) is 38.2 Å². The first kappa shape index (κ1) is 29.4. The van der Waals surface area contributed by atoms with Crippen LogP contribution in [0.3, 0.4) is 0 Å². The second-order valence-electron chi connectivity index (χ2n) is 10.00. The Labute approximate surface area is 240 Å². The molecule has 1 atom stereocenters. The van der Waals surface area contributed by atoms with Crippen molar-refractivity contribution in [2.24, 2.45) is 0 Å². The lowest BCUT2D eigenvalue weighted by Gasteiger charge is -2.32. The van der Waals surface area contributed by atoms with Crippen LogP contribution in [0.15, 0.2) is 78.9 Å². The molecule has 0 spiro atoms. The van der Waals surface area contributed by atoms with Crippen molar-refractivity contribution in [2.75, 3.05) is 17.1 Å². The molecule has 0 aliphatic heterocycles. The van der Waals surface area contributed by atoms with Gasteiger partial charge in [0.25, 0.3) is 0 Å². The van der Waals surface area contributed by atoms with Crippen molar-refractivity contribution in [1.82, 2.24) is 10.2 Å². The van der Waals surface area contributed by atoms with Crippen molar-refractivity contribution in [2.45, 2.75) is 51.2 Å². The van der Waals surface area contributed by atoms with Crippen LogP contribution < -0.4 is 14.4 Å². The molecule has 10 heteroatoms. The van der Waals surface area contributed by atoms with E-state index in [0.29, 0.717) is 22.2 Å². The molecule has 3 aromatic carbocycles. The smallest absolute Gasteiger partial charge is 0.244 e. The lowest BCUT2D eigenvalue weighted by atomic mass is 10.1. The summed E-state index contributed by atoms with van der Waals surface area (Å²) < 4.78 is 32.5. The highest BCUT2D eigenvalue weighted by Crippen LogP contribution is 2.26. The molecule has 3 aromatic rings. The lowest BCUT2D eigenvalue weighted by molar-refractivity contribution is -0.139. The number of hydrogen-bond donors (Lipinski definition) is 1. The highest BCUT2D eigenvalue weighted by atomic mass is 35.5. The monoisotopic (exact) mass is 583 g/mol. The first-order chi connectivity index (χ1) is 19.1. The molecule has 1 N–H and O–H groups in total. The number of nitrogens with zero attached hydrogens (tertiary/aromatic N) is 2. The van der Waals surface area contributed by atoms with Crippen LogP contribution in [0.25, 0.3) is 0 Å². The van der Waals surface area contributed by atoms with Crippen LogP contribution in [0.4, 0.5) is 5.69 Å².